The van der Waals surface area contributed by atoms with Gasteiger partial charge in [-0.05, 0) is 19.9 Å². The molecule has 0 aromatic heterocycles. The van der Waals surface area contributed by atoms with Gasteiger partial charge in [-0.15, -0.1) is 0 Å². The van der Waals surface area contributed by atoms with Crippen molar-refractivity contribution in [3.63, 3.8) is 0 Å². The highest BCUT2D eigenvalue weighted by molar-refractivity contribution is 5.94. The van der Waals surface area contributed by atoms with E-state index in [4.69, 9.17) is 9.47 Å². The van der Waals surface area contributed by atoms with Crippen LogP contribution < -0.4 is 20.1 Å². The summed E-state index contributed by atoms with van der Waals surface area (Å²) >= 11 is 0. The number of hydrogen-bond donors (Lipinski definition) is 2. The summed E-state index contributed by atoms with van der Waals surface area (Å²) in [7, 11) is 3.15. The number of amides is 1. The van der Waals surface area contributed by atoms with E-state index in [-0.39, 0.29) is 11.9 Å². The second-order valence-electron chi connectivity index (χ2n) is 4.27. The fourth-order valence-corrected chi connectivity index (χ4v) is 1.58. The fraction of sp³-hybridized carbons (Fsp3) is 0.500. The Morgan fingerprint density at radius 1 is 1.21 bits per heavy atom. The van der Waals surface area contributed by atoms with Gasteiger partial charge in [0.15, 0.2) is 0 Å². The van der Waals surface area contributed by atoms with Gasteiger partial charge in [0.25, 0.3) is 0 Å². The van der Waals surface area contributed by atoms with E-state index in [2.05, 4.69) is 17.6 Å². The highest BCUT2D eigenvalue weighted by Gasteiger charge is 2.12. The molecule has 1 aromatic rings. The zero-order valence-electron chi connectivity index (χ0n) is 11.9. The molecule has 0 heterocycles. The number of carbonyl (C=O) groups excluding carboxylic acids is 1. The standard InChI is InChI=1S/C14H22N2O3/c1-5-6-15-10(2)14(17)16-11-7-12(18-3)9-13(8-11)19-4/h7-10,15H,5-6H2,1-4H3,(H,16,17). The van der Waals surface area contributed by atoms with Crippen LogP contribution in [0, 0.1) is 0 Å². The van der Waals surface area contributed by atoms with Crippen molar-refractivity contribution >= 4 is 11.6 Å². The Hall–Kier alpha value is -1.75. The molecule has 5 nitrogen and oxygen atoms in total. The Labute approximate surface area is 114 Å². The number of nitrogens with one attached hydrogen (secondary N) is 2. The van der Waals surface area contributed by atoms with Crippen LogP contribution in [0.25, 0.3) is 0 Å². The first-order valence-corrected chi connectivity index (χ1v) is 6.38. The molecule has 2 N–H and O–H groups in total. The van der Waals surface area contributed by atoms with Gasteiger partial charge in [0.1, 0.15) is 11.5 Å². The Balaban J connectivity index is 2.72. The predicted molar refractivity (Wildman–Crippen MR) is 75.9 cm³/mol. The van der Waals surface area contributed by atoms with Gasteiger partial charge in [0.05, 0.1) is 20.3 Å². The first kappa shape index (κ1) is 15.3. The molecule has 1 atom stereocenters. The number of hydrogen-bond acceptors (Lipinski definition) is 4. The highest BCUT2D eigenvalue weighted by Crippen LogP contribution is 2.25. The number of benzene rings is 1. The molecule has 0 fully saturated rings. The fourth-order valence-electron chi connectivity index (χ4n) is 1.58. The van der Waals surface area contributed by atoms with E-state index in [9.17, 15) is 4.79 Å². The molecular formula is C14H22N2O3. The lowest BCUT2D eigenvalue weighted by Crippen LogP contribution is -2.38. The van der Waals surface area contributed by atoms with Gasteiger partial charge in [-0.3, -0.25) is 4.79 Å². The van der Waals surface area contributed by atoms with Gasteiger partial charge < -0.3 is 20.1 Å². The molecular weight excluding hydrogens is 244 g/mol. The molecule has 1 rings (SSSR count). The summed E-state index contributed by atoms with van der Waals surface area (Å²) in [5.41, 5.74) is 0.659. The third-order valence-corrected chi connectivity index (χ3v) is 2.71. The molecule has 1 unspecified atom stereocenters. The summed E-state index contributed by atoms with van der Waals surface area (Å²) < 4.78 is 10.3. The Morgan fingerprint density at radius 3 is 2.26 bits per heavy atom. The molecule has 19 heavy (non-hydrogen) atoms. The van der Waals surface area contributed by atoms with Crippen LogP contribution in [-0.4, -0.2) is 32.7 Å². The second-order valence-corrected chi connectivity index (χ2v) is 4.27. The molecule has 0 spiro atoms. The first-order valence-electron chi connectivity index (χ1n) is 6.38. The number of ether oxygens (including phenoxy) is 2. The quantitative estimate of drug-likeness (QED) is 0.793. The van der Waals surface area contributed by atoms with Gasteiger partial charge in [-0.1, -0.05) is 6.92 Å². The second kappa shape index (κ2) is 7.63. The van der Waals surface area contributed by atoms with Crippen molar-refractivity contribution in [3.8, 4) is 11.5 Å². The van der Waals surface area contributed by atoms with Crippen LogP contribution in [0.2, 0.25) is 0 Å². The minimum atomic E-state index is -0.239. The van der Waals surface area contributed by atoms with Crippen LogP contribution in [0.5, 0.6) is 11.5 Å². The molecule has 0 aliphatic heterocycles. The van der Waals surface area contributed by atoms with Crippen molar-refractivity contribution < 1.29 is 14.3 Å². The summed E-state index contributed by atoms with van der Waals surface area (Å²) in [4.78, 5) is 12.0. The summed E-state index contributed by atoms with van der Waals surface area (Å²) in [6.07, 6.45) is 0.991. The van der Waals surface area contributed by atoms with Crippen molar-refractivity contribution in [1.82, 2.24) is 5.32 Å². The molecule has 106 valence electrons. The topological polar surface area (TPSA) is 59.6 Å². The Bertz CT molecular complexity index is 399. The lowest BCUT2D eigenvalue weighted by Gasteiger charge is -2.14. The van der Waals surface area contributed by atoms with Crippen LogP contribution in [0.15, 0.2) is 18.2 Å². The maximum Gasteiger partial charge on any atom is 0.241 e. The molecule has 0 radical (unpaired) electrons. The van der Waals surface area contributed by atoms with E-state index in [1.807, 2.05) is 6.92 Å². The van der Waals surface area contributed by atoms with Gasteiger partial charge >= 0.3 is 0 Å². The number of carbonyl (C=O) groups is 1. The van der Waals surface area contributed by atoms with Crippen molar-refractivity contribution in [2.24, 2.45) is 0 Å². The maximum atomic E-state index is 12.0. The SMILES string of the molecule is CCCNC(C)C(=O)Nc1cc(OC)cc(OC)c1. The predicted octanol–water partition coefficient (Wildman–Crippen LogP) is 2.03. The zero-order valence-corrected chi connectivity index (χ0v) is 11.9. The van der Waals surface area contributed by atoms with Crippen LogP contribution in [0.4, 0.5) is 5.69 Å². The van der Waals surface area contributed by atoms with E-state index < -0.39 is 0 Å². The molecule has 0 aliphatic carbocycles. The van der Waals surface area contributed by atoms with Gasteiger partial charge in [-0.2, -0.15) is 0 Å². The third kappa shape index (κ3) is 4.79. The Kier molecular flexibility index (Phi) is 6.15. The highest BCUT2D eigenvalue weighted by atomic mass is 16.5. The van der Waals surface area contributed by atoms with Crippen LogP contribution in [0.1, 0.15) is 20.3 Å². The minimum absolute atomic E-state index is 0.0799. The molecule has 0 saturated carbocycles. The average molecular weight is 266 g/mol. The van der Waals surface area contributed by atoms with E-state index in [1.54, 1.807) is 32.4 Å². The van der Waals surface area contributed by atoms with Gasteiger partial charge in [0.2, 0.25) is 5.91 Å². The van der Waals surface area contributed by atoms with Crippen LogP contribution >= 0.6 is 0 Å². The molecule has 1 amide bonds. The lowest BCUT2D eigenvalue weighted by molar-refractivity contribution is -0.117. The minimum Gasteiger partial charge on any atom is -0.497 e. The van der Waals surface area contributed by atoms with E-state index in [0.29, 0.717) is 17.2 Å². The normalized spacial score (nSPS) is 11.8. The molecule has 1 aromatic carbocycles. The summed E-state index contributed by atoms with van der Waals surface area (Å²) in [6.45, 7) is 4.71. The Morgan fingerprint density at radius 2 is 1.79 bits per heavy atom. The van der Waals surface area contributed by atoms with Crippen molar-refractivity contribution in [2.75, 3.05) is 26.1 Å². The van der Waals surface area contributed by atoms with Gasteiger partial charge in [-0.25, -0.2) is 0 Å². The average Bonchev–Trinajstić information content (AvgIpc) is 2.43. The summed E-state index contributed by atoms with van der Waals surface area (Å²) in [6, 6.07) is 5.03. The molecule has 5 heteroatoms. The smallest absolute Gasteiger partial charge is 0.241 e. The molecule has 0 bridgehead atoms. The van der Waals surface area contributed by atoms with Crippen molar-refractivity contribution in [3.05, 3.63) is 18.2 Å². The van der Waals surface area contributed by atoms with Gasteiger partial charge in [0, 0.05) is 23.9 Å². The first-order chi connectivity index (χ1) is 9.10. The summed E-state index contributed by atoms with van der Waals surface area (Å²) in [5.74, 6) is 1.20. The number of methoxy groups -OCH3 is 2. The van der Waals surface area contributed by atoms with Crippen molar-refractivity contribution in [1.29, 1.82) is 0 Å². The number of anilines is 1. The van der Waals surface area contributed by atoms with Crippen LogP contribution in [-0.2, 0) is 4.79 Å². The van der Waals surface area contributed by atoms with E-state index >= 15 is 0 Å². The van der Waals surface area contributed by atoms with Crippen LogP contribution in [0.3, 0.4) is 0 Å². The molecule has 0 saturated heterocycles. The lowest BCUT2D eigenvalue weighted by atomic mass is 10.2. The monoisotopic (exact) mass is 266 g/mol. The van der Waals surface area contributed by atoms with E-state index in [1.165, 1.54) is 0 Å². The summed E-state index contributed by atoms with van der Waals surface area (Å²) in [5, 5.41) is 5.97. The number of rotatable bonds is 7. The maximum absolute atomic E-state index is 12.0. The van der Waals surface area contributed by atoms with Crippen molar-refractivity contribution in [2.45, 2.75) is 26.3 Å². The van der Waals surface area contributed by atoms with E-state index in [0.717, 1.165) is 13.0 Å². The zero-order chi connectivity index (χ0) is 14.3. The molecule has 0 aliphatic rings. The largest absolute Gasteiger partial charge is 0.497 e. The third-order valence-electron chi connectivity index (χ3n) is 2.71.